The van der Waals surface area contributed by atoms with Gasteiger partial charge in [-0.15, -0.1) is 0 Å². The Morgan fingerprint density at radius 2 is 0.513 bits per heavy atom. The second-order valence-electron chi connectivity index (χ2n) is 9.36. The summed E-state index contributed by atoms with van der Waals surface area (Å²) >= 11 is 3.62. The summed E-state index contributed by atoms with van der Waals surface area (Å²) in [5.41, 5.74) is 0. The van der Waals surface area contributed by atoms with Crippen molar-refractivity contribution in [3.8, 4) is 0 Å². The predicted octanol–water partition coefficient (Wildman–Crippen LogP) is 8.34. The molecule has 6 aromatic carbocycles. The summed E-state index contributed by atoms with van der Waals surface area (Å²) in [6, 6.07) is 62.0. The number of benzene rings is 6. The van der Waals surface area contributed by atoms with Gasteiger partial charge in [-0.3, -0.25) is 0 Å². The van der Waals surface area contributed by atoms with Gasteiger partial charge in [-0.1, -0.05) is 0 Å². The van der Waals surface area contributed by atoms with Gasteiger partial charge in [-0.2, -0.15) is 0 Å². The van der Waals surface area contributed by atoms with E-state index in [1.54, 1.807) is 0 Å². The van der Waals surface area contributed by atoms with Crippen molar-refractivity contribution in [2.24, 2.45) is 0 Å². The zero-order valence-corrected chi connectivity index (χ0v) is 24.1. The second kappa shape index (κ2) is 12.1. The minimum absolute atomic E-state index is 1.25. The molecule has 0 heterocycles. The Labute approximate surface area is 240 Å². The Hall–Kier alpha value is -3.55. The summed E-state index contributed by atoms with van der Waals surface area (Å²) in [7, 11) is -2.55. The van der Waals surface area contributed by atoms with Gasteiger partial charge in [-0.05, 0) is 0 Å². The van der Waals surface area contributed by atoms with Crippen LogP contribution in [-0.4, -0.2) is 0 Å². The topological polar surface area (TPSA) is 0 Å². The summed E-state index contributed by atoms with van der Waals surface area (Å²) in [6.45, 7) is 0. The van der Waals surface area contributed by atoms with Crippen LogP contribution < -0.4 is 21.2 Å². The van der Waals surface area contributed by atoms with Crippen LogP contribution in [0.2, 0.25) is 0 Å². The molecule has 0 aliphatic heterocycles. The maximum absolute atomic E-state index is 2.55. The van der Waals surface area contributed by atoms with E-state index in [-0.39, 0.29) is 0 Å². The van der Waals surface area contributed by atoms with Gasteiger partial charge >= 0.3 is 241 Å². The van der Waals surface area contributed by atoms with Crippen LogP contribution in [0.3, 0.4) is 0 Å². The van der Waals surface area contributed by atoms with Crippen molar-refractivity contribution in [3.05, 3.63) is 170 Å². The van der Waals surface area contributed by atoms with Crippen LogP contribution in [0.5, 0.6) is 0 Å². The van der Waals surface area contributed by atoms with Gasteiger partial charge in [0, 0.05) is 0 Å². The van der Waals surface area contributed by atoms with E-state index < -0.39 is 7.26 Å². The number of hydrogen-bond acceptors (Lipinski definition) is 2. The van der Waals surface area contributed by atoms with Crippen LogP contribution in [0.4, 0.5) is 0 Å². The van der Waals surface area contributed by atoms with Crippen molar-refractivity contribution in [1.82, 2.24) is 0 Å². The summed E-state index contributed by atoms with van der Waals surface area (Å²) in [5, 5.41) is 5.56. The normalized spacial score (nSPS) is 11.7. The Bertz CT molecular complexity index is 1480. The molecule has 0 radical (unpaired) electrons. The fourth-order valence-electron chi connectivity index (χ4n) is 5.17. The molecule has 0 saturated carbocycles. The molecule has 0 bridgehead atoms. The third kappa shape index (κ3) is 5.60. The van der Waals surface area contributed by atoms with Gasteiger partial charge < -0.3 is 0 Å². The first kappa shape index (κ1) is 25.7. The van der Waals surface area contributed by atoms with E-state index in [1.165, 1.54) is 40.8 Å². The molecule has 190 valence electrons. The molecule has 0 fully saturated rings. The number of rotatable bonds is 8. The van der Waals surface area contributed by atoms with Crippen LogP contribution in [0, 0.1) is 0 Å². The predicted molar refractivity (Wildman–Crippen MR) is 174 cm³/mol. The van der Waals surface area contributed by atoms with Gasteiger partial charge in [0.25, 0.3) is 0 Å². The van der Waals surface area contributed by atoms with E-state index in [2.05, 4.69) is 170 Å². The van der Waals surface area contributed by atoms with E-state index in [1.807, 2.05) is 23.5 Å². The molecule has 39 heavy (non-hydrogen) atoms. The van der Waals surface area contributed by atoms with Gasteiger partial charge in [0.1, 0.15) is 0 Å². The molecule has 0 spiro atoms. The molecule has 3 heteroatoms. The quantitative estimate of drug-likeness (QED) is 0.173. The summed E-state index contributed by atoms with van der Waals surface area (Å²) in [6.07, 6.45) is 0. The van der Waals surface area contributed by atoms with Crippen LogP contribution in [0.25, 0.3) is 0 Å². The summed E-state index contributed by atoms with van der Waals surface area (Å²) in [4.78, 5) is 5.02. The van der Waals surface area contributed by atoms with E-state index in [4.69, 9.17) is 0 Å². The molecule has 6 aromatic rings. The fourth-order valence-corrected chi connectivity index (χ4v) is 11.6. The standard InChI is InChI=1S/C36H29PS2/c1-5-13-29(14-6-1)37(30-15-7-2-8-16-30,31-21-25-35(26-22-31)38-33-17-9-3-10-18-33)32-23-27-36(28-24-32)39-34-19-11-4-12-20-34/h1-28,37H. The van der Waals surface area contributed by atoms with Crippen LogP contribution >= 0.6 is 30.8 Å². The first-order valence-electron chi connectivity index (χ1n) is 13.1. The van der Waals surface area contributed by atoms with Crippen molar-refractivity contribution in [3.63, 3.8) is 0 Å². The van der Waals surface area contributed by atoms with Crippen LogP contribution in [-0.2, 0) is 0 Å². The summed E-state index contributed by atoms with van der Waals surface area (Å²) < 4.78 is 0. The van der Waals surface area contributed by atoms with E-state index >= 15 is 0 Å². The molecule has 0 amide bonds. The molecule has 0 aliphatic rings. The molecular formula is C36H29PS2. The van der Waals surface area contributed by atoms with Crippen molar-refractivity contribution in [1.29, 1.82) is 0 Å². The SMILES string of the molecule is c1ccc(Sc2ccc([PH](c3ccccc3)(c3ccccc3)c3ccc(Sc4ccccc4)cc3)cc2)cc1. The number of hydrogen-bond donors (Lipinski definition) is 0. The molecule has 6 rings (SSSR count). The minimum atomic E-state index is -2.55. The fraction of sp³-hybridized carbons (Fsp3) is 0. The summed E-state index contributed by atoms with van der Waals surface area (Å²) in [5.74, 6) is 0. The molecule has 0 saturated heterocycles. The van der Waals surface area contributed by atoms with Crippen molar-refractivity contribution in [2.45, 2.75) is 19.6 Å². The van der Waals surface area contributed by atoms with Crippen molar-refractivity contribution < 1.29 is 0 Å². The Balaban J connectivity index is 1.47. The zero-order chi connectivity index (χ0) is 26.3. The second-order valence-corrected chi connectivity index (χ2v) is 15.5. The van der Waals surface area contributed by atoms with Crippen LogP contribution in [0.15, 0.2) is 189 Å². The van der Waals surface area contributed by atoms with Crippen molar-refractivity contribution >= 4 is 52.0 Å². The molecule has 0 N–H and O–H groups in total. The first-order valence-corrected chi connectivity index (χ1v) is 16.7. The molecule has 0 atom stereocenters. The monoisotopic (exact) mass is 556 g/mol. The molecule has 0 aliphatic carbocycles. The maximum atomic E-state index is 2.37. The van der Waals surface area contributed by atoms with Gasteiger partial charge in [0.05, 0.1) is 0 Å². The van der Waals surface area contributed by atoms with E-state index in [9.17, 15) is 0 Å². The average molecular weight is 557 g/mol. The van der Waals surface area contributed by atoms with Crippen LogP contribution in [0.1, 0.15) is 0 Å². The molecule has 0 unspecified atom stereocenters. The van der Waals surface area contributed by atoms with Gasteiger partial charge in [0.2, 0.25) is 0 Å². The van der Waals surface area contributed by atoms with Gasteiger partial charge in [0.15, 0.2) is 0 Å². The van der Waals surface area contributed by atoms with E-state index in [0.717, 1.165) is 0 Å². The van der Waals surface area contributed by atoms with Crippen molar-refractivity contribution in [2.75, 3.05) is 0 Å². The Morgan fingerprint density at radius 1 is 0.256 bits per heavy atom. The molecule has 0 aromatic heterocycles. The third-order valence-electron chi connectivity index (χ3n) is 6.95. The van der Waals surface area contributed by atoms with E-state index in [0.29, 0.717) is 0 Å². The first-order chi connectivity index (χ1) is 19.3. The Morgan fingerprint density at radius 3 is 0.846 bits per heavy atom. The molecule has 0 nitrogen and oxygen atoms in total. The third-order valence-corrected chi connectivity index (χ3v) is 13.8. The van der Waals surface area contributed by atoms with Gasteiger partial charge in [-0.25, -0.2) is 0 Å². The zero-order valence-electron chi connectivity index (χ0n) is 21.5. The average Bonchev–Trinajstić information content (AvgIpc) is 3.01. The molecular weight excluding hydrogens is 528 g/mol. The Kier molecular flexibility index (Phi) is 7.98.